The molecule has 2 N–H and O–H groups in total. The van der Waals surface area contributed by atoms with Gasteiger partial charge in [-0.25, -0.2) is 0 Å². The number of rotatable bonds is 7. The number of halogens is 4. The third-order valence-electron chi connectivity index (χ3n) is 5.71. The van der Waals surface area contributed by atoms with Gasteiger partial charge in [-0.05, 0) is 49.6 Å². The molecule has 2 unspecified atom stereocenters. The van der Waals surface area contributed by atoms with Gasteiger partial charge in [-0.3, -0.25) is 9.89 Å². The van der Waals surface area contributed by atoms with Gasteiger partial charge in [0.15, 0.2) is 5.96 Å². The third kappa shape index (κ3) is 7.99. The van der Waals surface area contributed by atoms with Gasteiger partial charge in [-0.15, -0.1) is 24.0 Å². The van der Waals surface area contributed by atoms with Gasteiger partial charge in [-0.1, -0.05) is 30.7 Å². The maximum atomic E-state index is 13.1. The average Bonchev–Trinajstić information content (AvgIpc) is 3.24. The molecule has 0 aliphatic heterocycles. The first-order chi connectivity index (χ1) is 14.8. The Kier molecular flexibility index (Phi) is 10.3. The normalized spacial score (nSPS) is 19.5. The summed E-state index contributed by atoms with van der Waals surface area (Å²) in [6, 6.07) is 11.7. The van der Waals surface area contributed by atoms with Crippen molar-refractivity contribution in [2.75, 3.05) is 14.1 Å². The molecule has 0 spiro atoms. The van der Waals surface area contributed by atoms with E-state index < -0.39 is 12.1 Å². The zero-order valence-electron chi connectivity index (χ0n) is 18.5. The minimum Gasteiger partial charge on any atom is -0.468 e. The number of nitrogens with one attached hydrogen (secondary N) is 2. The summed E-state index contributed by atoms with van der Waals surface area (Å²) in [4.78, 5) is 6.39. The van der Waals surface area contributed by atoms with E-state index in [0.29, 0.717) is 25.5 Å². The highest BCUT2D eigenvalue weighted by Gasteiger charge is 2.42. The van der Waals surface area contributed by atoms with Crippen molar-refractivity contribution >= 4 is 29.9 Å². The molecule has 5 nitrogen and oxygen atoms in total. The largest absolute Gasteiger partial charge is 0.468 e. The van der Waals surface area contributed by atoms with Crippen LogP contribution in [0.15, 0.2) is 52.1 Å². The van der Waals surface area contributed by atoms with Crippen molar-refractivity contribution < 1.29 is 17.6 Å². The Balaban J connectivity index is 0.00000363. The van der Waals surface area contributed by atoms with Gasteiger partial charge < -0.3 is 15.1 Å². The summed E-state index contributed by atoms with van der Waals surface area (Å²) in [5, 5.41) is 6.45. The average molecular weight is 564 g/mol. The molecule has 9 heteroatoms. The minimum absolute atomic E-state index is 0. The molecule has 3 rings (SSSR count). The van der Waals surface area contributed by atoms with Gasteiger partial charge in [-0.2, -0.15) is 13.2 Å². The summed E-state index contributed by atoms with van der Waals surface area (Å²) in [5.41, 5.74) is 2.29. The summed E-state index contributed by atoms with van der Waals surface area (Å²) in [6.45, 7) is 2.00. The Hall–Kier alpha value is -1.75. The van der Waals surface area contributed by atoms with Crippen molar-refractivity contribution in [1.82, 2.24) is 15.5 Å². The van der Waals surface area contributed by atoms with Crippen LogP contribution in [0.1, 0.15) is 42.6 Å². The molecular weight excluding hydrogens is 532 g/mol. The van der Waals surface area contributed by atoms with Crippen LogP contribution in [0.3, 0.4) is 0 Å². The van der Waals surface area contributed by atoms with Crippen molar-refractivity contribution in [1.29, 1.82) is 0 Å². The van der Waals surface area contributed by atoms with Crippen LogP contribution in [0, 0.1) is 5.92 Å². The van der Waals surface area contributed by atoms with Gasteiger partial charge in [0.05, 0.1) is 18.7 Å². The van der Waals surface area contributed by atoms with Gasteiger partial charge in [0.25, 0.3) is 0 Å². The van der Waals surface area contributed by atoms with E-state index in [2.05, 4.69) is 32.7 Å². The fraction of sp³-hybridized carbons (Fsp3) is 0.522. The van der Waals surface area contributed by atoms with Crippen LogP contribution >= 0.6 is 24.0 Å². The number of benzene rings is 1. The predicted octanol–water partition coefficient (Wildman–Crippen LogP) is 5.32. The Morgan fingerprint density at radius 1 is 1.12 bits per heavy atom. The van der Waals surface area contributed by atoms with Crippen LogP contribution in [0.2, 0.25) is 0 Å². The van der Waals surface area contributed by atoms with E-state index in [1.54, 1.807) is 13.3 Å². The Labute approximate surface area is 204 Å². The van der Waals surface area contributed by atoms with E-state index in [-0.39, 0.29) is 42.9 Å². The fourth-order valence-electron chi connectivity index (χ4n) is 4.08. The monoisotopic (exact) mass is 564 g/mol. The van der Waals surface area contributed by atoms with Gasteiger partial charge >= 0.3 is 6.18 Å². The molecule has 1 aliphatic rings. The lowest BCUT2D eigenvalue weighted by Gasteiger charge is -2.32. The van der Waals surface area contributed by atoms with Crippen LogP contribution in [0.25, 0.3) is 0 Å². The molecule has 1 saturated carbocycles. The van der Waals surface area contributed by atoms with Crippen LogP contribution < -0.4 is 10.6 Å². The number of furan rings is 1. The minimum atomic E-state index is -4.13. The zero-order valence-corrected chi connectivity index (χ0v) is 20.8. The number of aliphatic imine (C=N–C) groups is 1. The first-order valence-corrected chi connectivity index (χ1v) is 10.7. The molecule has 1 aliphatic carbocycles. The molecule has 1 heterocycles. The topological polar surface area (TPSA) is 52.8 Å². The number of alkyl halides is 3. The summed E-state index contributed by atoms with van der Waals surface area (Å²) >= 11 is 0. The zero-order chi connectivity index (χ0) is 22.3. The number of hydrogen-bond acceptors (Lipinski definition) is 3. The number of guanidine groups is 1. The van der Waals surface area contributed by atoms with Crippen LogP contribution in [0.5, 0.6) is 0 Å². The van der Waals surface area contributed by atoms with Crippen molar-refractivity contribution in [2.24, 2.45) is 10.9 Å². The second-order valence-corrected chi connectivity index (χ2v) is 8.19. The highest BCUT2D eigenvalue weighted by Crippen LogP contribution is 2.37. The number of nitrogens with zero attached hydrogens (tertiary/aromatic N) is 2. The SMILES string of the molecule is CN=C(NCc1ccccc1CN(C)Cc1ccco1)NC1CCCC(C(F)(F)F)C1.I. The van der Waals surface area contributed by atoms with E-state index in [4.69, 9.17) is 4.42 Å². The molecule has 0 amide bonds. The van der Waals surface area contributed by atoms with Crippen molar-refractivity contribution in [3.05, 3.63) is 59.5 Å². The Morgan fingerprint density at radius 3 is 2.53 bits per heavy atom. The molecule has 1 fully saturated rings. The molecule has 0 bridgehead atoms. The molecule has 2 aromatic rings. The third-order valence-corrected chi connectivity index (χ3v) is 5.71. The lowest BCUT2D eigenvalue weighted by Crippen LogP contribution is -2.46. The van der Waals surface area contributed by atoms with E-state index in [1.165, 1.54) is 5.56 Å². The molecule has 178 valence electrons. The highest BCUT2D eigenvalue weighted by atomic mass is 127. The second-order valence-electron chi connectivity index (χ2n) is 8.19. The summed E-state index contributed by atoms with van der Waals surface area (Å²) < 4.78 is 44.7. The van der Waals surface area contributed by atoms with E-state index in [9.17, 15) is 13.2 Å². The number of hydrogen-bond donors (Lipinski definition) is 2. The standard InChI is InChI=1S/C23H31F3N4O.HI/c1-27-22(29-20-10-5-9-19(13-20)23(24,25)26)28-14-17-7-3-4-8-18(17)15-30(2)16-21-11-6-12-31-21;/h3-4,6-8,11-12,19-20H,5,9-10,13-16H2,1-2H3,(H2,27,28,29);1H. The second kappa shape index (κ2) is 12.5. The fourth-order valence-corrected chi connectivity index (χ4v) is 4.08. The molecule has 1 aromatic heterocycles. The maximum absolute atomic E-state index is 13.1. The van der Waals surface area contributed by atoms with E-state index in [0.717, 1.165) is 24.3 Å². The van der Waals surface area contributed by atoms with Crippen LogP contribution in [-0.4, -0.2) is 37.2 Å². The molecule has 2 atom stereocenters. The molecular formula is C23H32F3IN4O. The van der Waals surface area contributed by atoms with Gasteiger partial charge in [0.1, 0.15) is 5.76 Å². The molecule has 1 aromatic carbocycles. The summed E-state index contributed by atoms with van der Waals surface area (Å²) in [7, 11) is 3.68. The highest BCUT2D eigenvalue weighted by molar-refractivity contribution is 14.0. The first-order valence-electron chi connectivity index (χ1n) is 10.7. The Bertz CT molecular complexity index is 842. The lowest BCUT2D eigenvalue weighted by molar-refractivity contribution is -0.183. The predicted molar refractivity (Wildman–Crippen MR) is 131 cm³/mol. The molecule has 32 heavy (non-hydrogen) atoms. The summed E-state index contributed by atoms with van der Waals surface area (Å²) in [6.07, 6.45) is -0.850. The smallest absolute Gasteiger partial charge is 0.391 e. The van der Waals surface area contributed by atoms with Crippen LogP contribution in [0.4, 0.5) is 13.2 Å². The first kappa shape index (κ1) is 26.5. The van der Waals surface area contributed by atoms with Crippen LogP contribution in [-0.2, 0) is 19.6 Å². The van der Waals surface area contributed by atoms with Crippen molar-refractivity contribution in [2.45, 2.75) is 57.5 Å². The molecule has 0 saturated heterocycles. The quantitative estimate of drug-likeness (QED) is 0.272. The van der Waals surface area contributed by atoms with Crippen molar-refractivity contribution in [3.63, 3.8) is 0 Å². The van der Waals surface area contributed by atoms with Gasteiger partial charge in [0.2, 0.25) is 0 Å². The summed E-state index contributed by atoms with van der Waals surface area (Å²) in [5.74, 6) is 0.209. The lowest BCUT2D eigenvalue weighted by atomic mass is 9.85. The van der Waals surface area contributed by atoms with E-state index >= 15 is 0 Å². The van der Waals surface area contributed by atoms with Crippen molar-refractivity contribution in [3.8, 4) is 0 Å². The van der Waals surface area contributed by atoms with Gasteiger partial charge in [0, 0.05) is 26.2 Å². The Morgan fingerprint density at radius 2 is 1.88 bits per heavy atom. The molecule has 0 radical (unpaired) electrons. The maximum Gasteiger partial charge on any atom is 0.391 e. The van der Waals surface area contributed by atoms with E-state index in [1.807, 2.05) is 31.3 Å².